The Kier molecular flexibility index (Phi) is 6.48. The number of ether oxygens (including phenoxy) is 1. The molecular formula is C20H29N7O2. The summed E-state index contributed by atoms with van der Waals surface area (Å²) >= 11 is 0. The molecule has 0 spiro atoms. The molecular weight excluding hydrogens is 370 g/mol. The third-order valence-corrected chi connectivity index (χ3v) is 5.84. The molecule has 4 rings (SSSR count). The average Bonchev–Trinajstić information content (AvgIpc) is 3.23. The van der Waals surface area contributed by atoms with Crippen LogP contribution >= 0.6 is 0 Å². The Morgan fingerprint density at radius 3 is 2.90 bits per heavy atom. The van der Waals surface area contributed by atoms with Crippen molar-refractivity contribution in [1.29, 1.82) is 0 Å². The number of aromatic amines is 1. The molecule has 2 aliphatic heterocycles. The molecule has 9 heteroatoms. The van der Waals surface area contributed by atoms with Crippen molar-refractivity contribution in [2.75, 3.05) is 44.7 Å². The van der Waals surface area contributed by atoms with Crippen LogP contribution in [-0.4, -0.2) is 81.3 Å². The normalized spacial score (nSPS) is 22.3. The first kappa shape index (κ1) is 19.9. The van der Waals surface area contributed by atoms with E-state index in [-0.39, 0.29) is 11.9 Å². The summed E-state index contributed by atoms with van der Waals surface area (Å²) in [6, 6.07) is 1.49. The van der Waals surface area contributed by atoms with Crippen LogP contribution in [0.2, 0.25) is 0 Å². The Labute approximate surface area is 170 Å². The van der Waals surface area contributed by atoms with E-state index in [1.807, 2.05) is 13.1 Å². The number of morpholine rings is 1. The van der Waals surface area contributed by atoms with Gasteiger partial charge >= 0.3 is 0 Å². The van der Waals surface area contributed by atoms with Gasteiger partial charge in [-0.1, -0.05) is 0 Å². The highest BCUT2D eigenvalue weighted by Crippen LogP contribution is 2.29. The van der Waals surface area contributed by atoms with Gasteiger partial charge in [0, 0.05) is 55.7 Å². The number of piperidine rings is 1. The molecule has 156 valence electrons. The van der Waals surface area contributed by atoms with Crippen LogP contribution in [0.3, 0.4) is 0 Å². The third-order valence-electron chi connectivity index (χ3n) is 5.84. The first-order chi connectivity index (χ1) is 14.2. The molecule has 0 saturated carbocycles. The van der Waals surface area contributed by atoms with E-state index in [2.05, 4.69) is 35.3 Å². The minimum atomic E-state index is -0.243. The second kappa shape index (κ2) is 9.43. The first-order valence-corrected chi connectivity index (χ1v) is 10.3. The molecule has 2 saturated heterocycles. The minimum absolute atomic E-state index is 0.0741. The van der Waals surface area contributed by atoms with Gasteiger partial charge in [0.05, 0.1) is 25.5 Å². The Morgan fingerprint density at radius 1 is 1.31 bits per heavy atom. The molecule has 4 heterocycles. The van der Waals surface area contributed by atoms with Gasteiger partial charge in [-0.3, -0.25) is 25.0 Å². The molecule has 2 atom stereocenters. The molecule has 2 N–H and O–H groups in total. The van der Waals surface area contributed by atoms with Gasteiger partial charge < -0.3 is 4.74 Å². The van der Waals surface area contributed by atoms with Gasteiger partial charge in [-0.2, -0.15) is 5.10 Å². The Bertz CT molecular complexity index is 791. The van der Waals surface area contributed by atoms with Crippen LogP contribution in [0.15, 0.2) is 24.7 Å². The summed E-state index contributed by atoms with van der Waals surface area (Å²) in [6.07, 6.45) is 7.36. The number of nitrogens with zero attached hydrogens (tertiary/aromatic N) is 5. The molecule has 9 nitrogen and oxygen atoms in total. The lowest BCUT2D eigenvalue weighted by atomic mass is 9.91. The molecule has 2 aliphatic rings. The number of carbonyl (C=O) groups excluding carboxylic acids is 1. The van der Waals surface area contributed by atoms with Crippen molar-refractivity contribution in [3.05, 3.63) is 35.9 Å². The standard InChI is InChI=1S/C20H29N7O2/c1-15(19(28)24-20-21-5-3-6-22-20)27-7-2-4-16(14-27)18-17(12-23-25-18)13-26-8-10-29-11-9-26/h3,5-6,12,15-16H,2,4,7-11,13-14H2,1H3,(H,23,25)(H,21,22,24,28). The topological polar surface area (TPSA) is 99.3 Å². The summed E-state index contributed by atoms with van der Waals surface area (Å²) in [7, 11) is 0. The molecule has 2 aromatic heterocycles. The zero-order chi connectivity index (χ0) is 20.1. The van der Waals surface area contributed by atoms with Crippen molar-refractivity contribution in [3.8, 4) is 0 Å². The number of hydrogen-bond acceptors (Lipinski definition) is 7. The maximum absolute atomic E-state index is 12.7. The fraction of sp³-hybridized carbons (Fsp3) is 0.600. The first-order valence-electron chi connectivity index (χ1n) is 10.3. The molecule has 0 radical (unpaired) electrons. The van der Waals surface area contributed by atoms with Gasteiger partial charge in [0.2, 0.25) is 11.9 Å². The number of amides is 1. The SMILES string of the molecule is CC(C(=O)Nc1ncccn1)N1CCCC(c2[nH]ncc2CN2CCOCC2)C1. The van der Waals surface area contributed by atoms with Gasteiger partial charge in [-0.25, -0.2) is 9.97 Å². The monoisotopic (exact) mass is 399 g/mol. The van der Waals surface area contributed by atoms with Crippen LogP contribution in [0.4, 0.5) is 5.95 Å². The van der Waals surface area contributed by atoms with E-state index in [1.165, 1.54) is 11.3 Å². The van der Waals surface area contributed by atoms with Crippen LogP contribution < -0.4 is 5.32 Å². The van der Waals surface area contributed by atoms with Crippen LogP contribution in [0, 0.1) is 0 Å². The number of carbonyl (C=O) groups is 1. The lowest BCUT2D eigenvalue weighted by Gasteiger charge is -2.36. The quantitative estimate of drug-likeness (QED) is 0.754. The van der Waals surface area contributed by atoms with E-state index in [9.17, 15) is 4.79 Å². The lowest BCUT2D eigenvalue weighted by molar-refractivity contribution is -0.121. The number of rotatable bonds is 6. The van der Waals surface area contributed by atoms with E-state index in [1.54, 1.807) is 18.5 Å². The van der Waals surface area contributed by atoms with E-state index >= 15 is 0 Å². The number of anilines is 1. The van der Waals surface area contributed by atoms with Crippen molar-refractivity contribution < 1.29 is 9.53 Å². The molecule has 0 bridgehead atoms. The van der Waals surface area contributed by atoms with Crippen molar-refractivity contribution in [3.63, 3.8) is 0 Å². The minimum Gasteiger partial charge on any atom is -0.379 e. The fourth-order valence-electron chi connectivity index (χ4n) is 4.14. The second-order valence-corrected chi connectivity index (χ2v) is 7.77. The number of H-pyrrole nitrogens is 1. The molecule has 2 unspecified atom stereocenters. The highest BCUT2D eigenvalue weighted by molar-refractivity contribution is 5.93. The summed E-state index contributed by atoms with van der Waals surface area (Å²) in [4.78, 5) is 25.5. The van der Waals surface area contributed by atoms with Gasteiger partial charge in [-0.05, 0) is 32.4 Å². The van der Waals surface area contributed by atoms with Crippen LogP contribution in [0.25, 0.3) is 0 Å². The summed E-state index contributed by atoms with van der Waals surface area (Å²) < 4.78 is 5.45. The lowest BCUT2D eigenvalue weighted by Crippen LogP contribution is -2.47. The van der Waals surface area contributed by atoms with Gasteiger partial charge in [-0.15, -0.1) is 0 Å². The van der Waals surface area contributed by atoms with Crippen molar-refractivity contribution in [1.82, 2.24) is 30.0 Å². The highest BCUT2D eigenvalue weighted by Gasteiger charge is 2.30. The predicted molar refractivity (Wildman–Crippen MR) is 108 cm³/mol. The fourth-order valence-corrected chi connectivity index (χ4v) is 4.14. The second-order valence-electron chi connectivity index (χ2n) is 7.77. The number of aromatic nitrogens is 4. The van der Waals surface area contributed by atoms with Crippen LogP contribution in [-0.2, 0) is 16.1 Å². The average molecular weight is 399 g/mol. The summed E-state index contributed by atoms with van der Waals surface area (Å²) in [5.41, 5.74) is 2.47. The number of nitrogens with one attached hydrogen (secondary N) is 2. The Hall–Kier alpha value is -2.36. The summed E-state index contributed by atoms with van der Waals surface area (Å²) in [5.74, 6) is 0.625. The molecule has 0 aromatic carbocycles. The van der Waals surface area contributed by atoms with Gasteiger partial charge in [0.25, 0.3) is 0 Å². The van der Waals surface area contributed by atoms with Crippen LogP contribution in [0.5, 0.6) is 0 Å². The smallest absolute Gasteiger partial charge is 0.243 e. The molecule has 0 aliphatic carbocycles. The molecule has 29 heavy (non-hydrogen) atoms. The maximum atomic E-state index is 12.7. The molecule has 2 aromatic rings. The van der Waals surface area contributed by atoms with Crippen LogP contribution in [0.1, 0.15) is 36.9 Å². The van der Waals surface area contributed by atoms with E-state index in [0.717, 1.165) is 58.8 Å². The van der Waals surface area contributed by atoms with Crippen molar-refractivity contribution in [2.45, 2.75) is 38.3 Å². The summed E-state index contributed by atoms with van der Waals surface area (Å²) in [5, 5.41) is 10.4. The molecule has 1 amide bonds. The zero-order valence-electron chi connectivity index (χ0n) is 16.9. The highest BCUT2D eigenvalue weighted by atomic mass is 16.5. The zero-order valence-corrected chi connectivity index (χ0v) is 16.9. The predicted octanol–water partition coefficient (Wildman–Crippen LogP) is 1.24. The van der Waals surface area contributed by atoms with E-state index in [4.69, 9.17) is 4.74 Å². The largest absolute Gasteiger partial charge is 0.379 e. The number of hydrogen-bond donors (Lipinski definition) is 2. The van der Waals surface area contributed by atoms with E-state index in [0.29, 0.717) is 11.9 Å². The van der Waals surface area contributed by atoms with E-state index < -0.39 is 0 Å². The Morgan fingerprint density at radius 2 is 2.10 bits per heavy atom. The maximum Gasteiger partial charge on any atom is 0.243 e. The van der Waals surface area contributed by atoms with Gasteiger partial charge in [0.1, 0.15) is 0 Å². The Balaban J connectivity index is 1.38. The number of likely N-dealkylation sites (tertiary alicyclic amines) is 1. The molecule has 2 fully saturated rings. The third kappa shape index (κ3) is 4.98. The van der Waals surface area contributed by atoms with Crippen molar-refractivity contribution >= 4 is 11.9 Å². The van der Waals surface area contributed by atoms with Crippen molar-refractivity contribution in [2.24, 2.45) is 0 Å². The van der Waals surface area contributed by atoms with Gasteiger partial charge in [0.15, 0.2) is 0 Å². The summed E-state index contributed by atoms with van der Waals surface area (Å²) in [6.45, 7) is 8.09.